The molecule has 0 saturated carbocycles. The number of rotatable bonds is 5. The van der Waals surface area contributed by atoms with Crippen LogP contribution in [0.3, 0.4) is 0 Å². The van der Waals surface area contributed by atoms with Crippen LogP contribution in [0.25, 0.3) is 11.0 Å². The number of carbonyl (C=O) groups excluding carboxylic acids is 1. The number of aryl methyl sites for hydroxylation is 3. The van der Waals surface area contributed by atoms with Crippen molar-refractivity contribution in [2.45, 2.75) is 81.6 Å². The Hall–Kier alpha value is -2.55. The Morgan fingerprint density at radius 3 is 2.00 bits per heavy atom. The van der Waals surface area contributed by atoms with Gasteiger partial charge < -0.3 is 9.52 Å². The molecule has 3 rings (SSSR count). The molecule has 0 spiro atoms. The van der Waals surface area contributed by atoms with Gasteiger partial charge in [0.05, 0.1) is 5.56 Å². The van der Waals surface area contributed by atoms with E-state index in [-0.39, 0.29) is 11.5 Å². The molecule has 166 valence electrons. The lowest BCUT2D eigenvalue weighted by molar-refractivity contribution is 0.103. The standard InChI is InChI=1S/C21H22O3.3C2H6/c1-4-5-9-18-19(16-8-6-7-10-17(16)24-18)21(23)15-11-13(2)20(22)14(3)12-15;3*1-2/h6-8,10-12,22H,4-5,9H2,1-3H3;3*1-2H3. The number of fused-ring (bicyclic) bond motifs is 1. The number of phenolic OH excluding ortho intramolecular Hbond substituents is 1. The van der Waals surface area contributed by atoms with Crippen LogP contribution in [0.2, 0.25) is 0 Å². The number of unbranched alkanes of at least 4 members (excludes halogenated alkanes) is 1. The van der Waals surface area contributed by atoms with Crippen molar-refractivity contribution in [3.05, 3.63) is 64.4 Å². The third kappa shape index (κ3) is 6.48. The van der Waals surface area contributed by atoms with Gasteiger partial charge in [0.2, 0.25) is 0 Å². The summed E-state index contributed by atoms with van der Waals surface area (Å²) in [6.07, 6.45) is 2.78. The zero-order valence-electron chi connectivity index (χ0n) is 20.3. The van der Waals surface area contributed by atoms with Crippen molar-refractivity contribution in [1.82, 2.24) is 0 Å². The van der Waals surface area contributed by atoms with Crippen molar-refractivity contribution in [3.8, 4) is 5.75 Å². The Balaban J connectivity index is 0.00000129. The van der Waals surface area contributed by atoms with Crippen LogP contribution < -0.4 is 0 Å². The minimum Gasteiger partial charge on any atom is -0.507 e. The molecule has 3 heteroatoms. The van der Waals surface area contributed by atoms with Gasteiger partial charge in [0.1, 0.15) is 17.1 Å². The van der Waals surface area contributed by atoms with E-state index in [4.69, 9.17) is 4.42 Å². The number of benzene rings is 2. The molecule has 2 aromatic carbocycles. The number of ketones is 1. The van der Waals surface area contributed by atoms with Crippen molar-refractivity contribution in [3.63, 3.8) is 0 Å². The van der Waals surface area contributed by atoms with Gasteiger partial charge in [-0.1, -0.05) is 73.1 Å². The monoisotopic (exact) mass is 412 g/mol. The molecule has 3 nitrogen and oxygen atoms in total. The first-order chi connectivity index (χ1) is 14.5. The van der Waals surface area contributed by atoms with Gasteiger partial charge in [0.15, 0.2) is 5.78 Å². The highest BCUT2D eigenvalue weighted by atomic mass is 16.3. The minimum atomic E-state index is -0.0442. The molecule has 1 aromatic heterocycles. The zero-order chi connectivity index (χ0) is 23.3. The molecule has 0 saturated heterocycles. The molecule has 30 heavy (non-hydrogen) atoms. The zero-order valence-corrected chi connectivity index (χ0v) is 20.3. The maximum absolute atomic E-state index is 13.2. The van der Waals surface area contributed by atoms with E-state index in [1.807, 2.05) is 79.7 Å². The first kappa shape index (κ1) is 27.5. The van der Waals surface area contributed by atoms with Crippen LogP contribution in [-0.4, -0.2) is 10.9 Å². The number of carbonyl (C=O) groups is 1. The lowest BCUT2D eigenvalue weighted by atomic mass is 9.95. The first-order valence-corrected chi connectivity index (χ1v) is 11.4. The predicted octanol–water partition coefficient (Wildman–Crippen LogP) is 8.41. The van der Waals surface area contributed by atoms with Crippen molar-refractivity contribution >= 4 is 16.8 Å². The van der Waals surface area contributed by atoms with E-state index < -0.39 is 0 Å². The maximum atomic E-state index is 13.2. The van der Waals surface area contributed by atoms with Gasteiger partial charge in [-0.3, -0.25) is 4.79 Å². The summed E-state index contributed by atoms with van der Waals surface area (Å²) in [5.41, 5.74) is 3.41. The van der Waals surface area contributed by atoms with Gasteiger partial charge in [-0.25, -0.2) is 0 Å². The highest BCUT2D eigenvalue weighted by Gasteiger charge is 2.22. The summed E-state index contributed by atoms with van der Waals surface area (Å²) < 4.78 is 5.96. The van der Waals surface area contributed by atoms with Crippen molar-refractivity contribution in [2.24, 2.45) is 0 Å². The quantitative estimate of drug-likeness (QED) is 0.428. The third-order valence-electron chi connectivity index (χ3n) is 4.41. The van der Waals surface area contributed by atoms with E-state index in [0.717, 1.165) is 36.0 Å². The van der Waals surface area contributed by atoms with E-state index in [1.165, 1.54) is 0 Å². The van der Waals surface area contributed by atoms with Crippen LogP contribution in [0.15, 0.2) is 40.8 Å². The smallest absolute Gasteiger partial charge is 0.197 e. The second-order valence-corrected chi connectivity index (χ2v) is 6.29. The minimum absolute atomic E-state index is 0.0442. The molecule has 0 radical (unpaired) electrons. The van der Waals surface area contributed by atoms with Gasteiger partial charge in [-0.15, -0.1) is 0 Å². The molecule has 3 aromatic rings. The van der Waals surface area contributed by atoms with Crippen LogP contribution in [0.5, 0.6) is 5.75 Å². The summed E-state index contributed by atoms with van der Waals surface area (Å²) in [5.74, 6) is 0.957. The van der Waals surface area contributed by atoms with Gasteiger partial charge in [0.25, 0.3) is 0 Å². The lowest BCUT2D eigenvalue weighted by Crippen LogP contribution is -2.05. The summed E-state index contributed by atoms with van der Waals surface area (Å²) in [7, 11) is 0. The van der Waals surface area contributed by atoms with Crippen molar-refractivity contribution < 1.29 is 14.3 Å². The molecule has 0 amide bonds. The molecule has 0 bridgehead atoms. The molecule has 0 unspecified atom stereocenters. The van der Waals surface area contributed by atoms with E-state index in [2.05, 4.69) is 6.92 Å². The fourth-order valence-electron chi connectivity index (χ4n) is 3.09. The van der Waals surface area contributed by atoms with Crippen molar-refractivity contribution in [1.29, 1.82) is 0 Å². The summed E-state index contributed by atoms with van der Waals surface area (Å²) in [4.78, 5) is 13.2. The largest absolute Gasteiger partial charge is 0.507 e. The summed E-state index contributed by atoms with van der Waals surface area (Å²) in [5, 5.41) is 10.8. The van der Waals surface area contributed by atoms with E-state index in [1.54, 1.807) is 12.1 Å². The average molecular weight is 413 g/mol. The second kappa shape index (κ2) is 14.4. The topological polar surface area (TPSA) is 50.4 Å². The Morgan fingerprint density at radius 1 is 0.933 bits per heavy atom. The predicted molar refractivity (Wildman–Crippen MR) is 130 cm³/mol. The van der Waals surface area contributed by atoms with Crippen LogP contribution in [-0.2, 0) is 6.42 Å². The summed E-state index contributed by atoms with van der Waals surface area (Å²) >= 11 is 0. The Kier molecular flexibility index (Phi) is 13.2. The molecule has 0 fully saturated rings. The highest BCUT2D eigenvalue weighted by molar-refractivity contribution is 6.17. The van der Waals surface area contributed by atoms with Gasteiger partial charge in [-0.2, -0.15) is 0 Å². The second-order valence-electron chi connectivity index (χ2n) is 6.29. The van der Waals surface area contributed by atoms with Crippen LogP contribution in [0.1, 0.15) is 94.1 Å². The molecule has 1 heterocycles. The summed E-state index contributed by atoms with van der Waals surface area (Å²) in [6.45, 7) is 17.7. The Morgan fingerprint density at radius 2 is 1.47 bits per heavy atom. The first-order valence-electron chi connectivity index (χ1n) is 11.4. The average Bonchev–Trinajstić information content (AvgIpc) is 3.17. The third-order valence-corrected chi connectivity index (χ3v) is 4.41. The van der Waals surface area contributed by atoms with E-state index >= 15 is 0 Å². The highest BCUT2D eigenvalue weighted by Crippen LogP contribution is 2.31. The van der Waals surface area contributed by atoms with Gasteiger partial charge >= 0.3 is 0 Å². The molecular formula is C27H40O3. The van der Waals surface area contributed by atoms with Crippen LogP contribution in [0, 0.1) is 13.8 Å². The number of furan rings is 1. The molecule has 0 atom stereocenters. The number of aromatic hydroxyl groups is 1. The molecule has 1 N–H and O–H groups in total. The SMILES string of the molecule is CC.CC.CC.CCCCc1oc2ccccc2c1C(=O)c1cc(C)c(O)c(C)c1. The summed E-state index contributed by atoms with van der Waals surface area (Å²) in [6, 6.07) is 11.2. The molecular weight excluding hydrogens is 372 g/mol. The molecule has 0 aliphatic carbocycles. The van der Waals surface area contributed by atoms with E-state index in [9.17, 15) is 9.90 Å². The molecule has 0 aliphatic heterocycles. The number of hydrogen-bond donors (Lipinski definition) is 1. The normalized spacial score (nSPS) is 9.50. The van der Waals surface area contributed by atoms with E-state index in [0.29, 0.717) is 22.3 Å². The van der Waals surface area contributed by atoms with Crippen LogP contribution in [0.4, 0.5) is 0 Å². The Bertz CT molecular complexity index is 881. The number of hydrogen-bond acceptors (Lipinski definition) is 3. The van der Waals surface area contributed by atoms with Gasteiger partial charge in [0, 0.05) is 17.4 Å². The Labute approximate surface area is 183 Å². The van der Waals surface area contributed by atoms with Gasteiger partial charge in [-0.05, 0) is 49.6 Å². The number of phenols is 1. The van der Waals surface area contributed by atoms with Crippen molar-refractivity contribution in [2.75, 3.05) is 0 Å². The maximum Gasteiger partial charge on any atom is 0.197 e. The number of para-hydroxylation sites is 1. The fourth-order valence-corrected chi connectivity index (χ4v) is 3.09. The molecule has 0 aliphatic rings. The fraction of sp³-hybridized carbons (Fsp3) is 0.444. The lowest BCUT2D eigenvalue weighted by Gasteiger charge is -2.08. The van der Waals surface area contributed by atoms with Crippen LogP contribution >= 0.6 is 0 Å².